The van der Waals surface area contributed by atoms with Gasteiger partial charge in [0.25, 0.3) is 0 Å². The maximum absolute atomic E-state index is 10.5. The first-order valence-corrected chi connectivity index (χ1v) is 10.3. The van der Waals surface area contributed by atoms with Crippen molar-refractivity contribution in [3.63, 3.8) is 0 Å². The van der Waals surface area contributed by atoms with Crippen LogP contribution in [-0.2, 0) is 0 Å². The van der Waals surface area contributed by atoms with Gasteiger partial charge in [-0.15, -0.1) is 11.3 Å². The molecule has 0 aliphatic rings. The third kappa shape index (κ3) is 4.13. The average molecular weight is 407 g/mol. The number of thiazole rings is 1. The van der Waals surface area contributed by atoms with Crippen molar-refractivity contribution in [2.45, 2.75) is 9.79 Å². The molecular formula is C22H18N2O2S2. The third-order valence-electron chi connectivity index (χ3n) is 4.07. The number of nitrogens with zero attached hydrogens (tertiary/aromatic N) is 1. The van der Waals surface area contributed by atoms with E-state index < -0.39 is 0 Å². The molecule has 0 saturated carbocycles. The summed E-state index contributed by atoms with van der Waals surface area (Å²) in [5.74, 6) is 0.838. The summed E-state index contributed by atoms with van der Waals surface area (Å²) in [5.41, 5.74) is 2.52. The van der Waals surface area contributed by atoms with Gasteiger partial charge in [0.1, 0.15) is 11.5 Å². The molecule has 2 N–H and O–H groups in total. The summed E-state index contributed by atoms with van der Waals surface area (Å²) in [4.78, 5) is 6.54. The number of benzene rings is 3. The van der Waals surface area contributed by atoms with E-state index in [0.29, 0.717) is 16.6 Å². The zero-order valence-electron chi connectivity index (χ0n) is 15.1. The summed E-state index contributed by atoms with van der Waals surface area (Å²) < 4.78 is 5.54. The van der Waals surface area contributed by atoms with Crippen molar-refractivity contribution >= 4 is 33.9 Å². The van der Waals surface area contributed by atoms with E-state index in [9.17, 15) is 5.11 Å². The molecule has 140 valence electrons. The number of hydrogen-bond acceptors (Lipinski definition) is 6. The number of phenolic OH excluding ortho intramolecular Hbond substituents is 1. The van der Waals surface area contributed by atoms with Gasteiger partial charge in [0.05, 0.1) is 23.4 Å². The highest BCUT2D eigenvalue weighted by molar-refractivity contribution is 7.99. The molecule has 0 spiro atoms. The van der Waals surface area contributed by atoms with Crippen molar-refractivity contribution in [3.8, 4) is 22.8 Å². The topological polar surface area (TPSA) is 54.4 Å². The molecule has 0 unspecified atom stereocenters. The van der Waals surface area contributed by atoms with Crippen molar-refractivity contribution in [2.24, 2.45) is 0 Å². The number of methoxy groups -OCH3 is 1. The maximum atomic E-state index is 10.5. The molecule has 4 nitrogen and oxygen atoms in total. The van der Waals surface area contributed by atoms with Crippen LogP contribution in [0.1, 0.15) is 0 Å². The number of anilines is 2. The number of nitrogens with one attached hydrogen (secondary N) is 1. The van der Waals surface area contributed by atoms with Crippen molar-refractivity contribution in [1.82, 2.24) is 4.98 Å². The van der Waals surface area contributed by atoms with Gasteiger partial charge in [0.2, 0.25) is 0 Å². The van der Waals surface area contributed by atoms with Gasteiger partial charge in [-0.1, -0.05) is 60.3 Å². The molecule has 4 aromatic rings. The van der Waals surface area contributed by atoms with Crippen LogP contribution < -0.4 is 10.1 Å². The van der Waals surface area contributed by atoms with Gasteiger partial charge in [-0.05, 0) is 18.2 Å². The molecule has 0 bridgehead atoms. The van der Waals surface area contributed by atoms with Crippen LogP contribution in [0.15, 0.2) is 88.0 Å². The lowest BCUT2D eigenvalue weighted by Crippen LogP contribution is -1.94. The Morgan fingerprint density at radius 1 is 1.00 bits per heavy atom. The fourth-order valence-electron chi connectivity index (χ4n) is 2.69. The van der Waals surface area contributed by atoms with Crippen molar-refractivity contribution in [1.29, 1.82) is 0 Å². The lowest BCUT2D eigenvalue weighted by molar-refractivity contribution is 0.402. The molecular weight excluding hydrogens is 388 g/mol. The Hall–Kier alpha value is -2.96. The van der Waals surface area contributed by atoms with E-state index in [2.05, 4.69) is 10.3 Å². The molecule has 0 aliphatic heterocycles. The van der Waals surface area contributed by atoms with Gasteiger partial charge in [0, 0.05) is 21.9 Å². The Morgan fingerprint density at radius 2 is 1.71 bits per heavy atom. The smallest absolute Gasteiger partial charge is 0.187 e. The number of ether oxygens (including phenoxy) is 1. The molecule has 0 amide bonds. The average Bonchev–Trinajstić information content (AvgIpc) is 3.20. The van der Waals surface area contributed by atoms with E-state index in [4.69, 9.17) is 4.74 Å². The molecule has 3 aromatic carbocycles. The van der Waals surface area contributed by atoms with E-state index in [-0.39, 0.29) is 5.75 Å². The van der Waals surface area contributed by atoms with Gasteiger partial charge in [-0.25, -0.2) is 4.98 Å². The van der Waals surface area contributed by atoms with E-state index in [0.717, 1.165) is 21.0 Å². The molecule has 0 radical (unpaired) electrons. The molecule has 1 aromatic heterocycles. The second-order valence-electron chi connectivity index (χ2n) is 5.96. The predicted octanol–water partition coefficient (Wildman–Crippen LogP) is 6.42. The number of hydrogen-bond donors (Lipinski definition) is 2. The number of rotatable bonds is 6. The molecule has 0 fully saturated rings. The number of phenols is 1. The van der Waals surface area contributed by atoms with Crippen LogP contribution in [0, 0.1) is 0 Å². The first-order valence-electron chi connectivity index (χ1n) is 8.65. The summed E-state index contributed by atoms with van der Waals surface area (Å²) in [5, 5.41) is 16.4. The molecule has 0 aliphatic carbocycles. The van der Waals surface area contributed by atoms with Crippen LogP contribution in [0.4, 0.5) is 10.8 Å². The highest BCUT2D eigenvalue weighted by atomic mass is 32.2. The van der Waals surface area contributed by atoms with Crippen LogP contribution in [0.5, 0.6) is 11.5 Å². The first kappa shape index (κ1) is 18.4. The first-order chi connectivity index (χ1) is 13.7. The summed E-state index contributed by atoms with van der Waals surface area (Å²) >= 11 is 3.03. The van der Waals surface area contributed by atoms with E-state index >= 15 is 0 Å². The minimum atomic E-state index is 0.149. The highest BCUT2D eigenvalue weighted by Gasteiger charge is 2.13. The van der Waals surface area contributed by atoms with Crippen LogP contribution in [-0.4, -0.2) is 17.2 Å². The molecule has 28 heavy (non-hydrogen) atoms. The quantitative estimate of drug-likeness (QED) is 0.362. The molecule has 1 heterocycles. The van der Waals surface area contributed by atoms with Crippen LogP contribution in [0.2, 0.25) is 0 Å². The SMILES string of the molecule is COc1cc(Nc2nc(-c3ccccc3)cs2)c(O)cc1Sc1ccccc1. The molecule has 4 rings (SSSR count). The lowest BCUT2D eigenvalue weighted by atomic mass is 10.2. The molecule has 0 atom stereocenters. The van der Waals surface area contributed by atoms with Gasteiger partial charge in [0.15, 0.2) is 5.13 Å². The normalized spacial score (nSPS) is 10.6. The van der Waals surface area contributed by atoms with Crippen molar-refractivity contribution < 1.29 is 9.84 Å². The Bertz CT molecular complexity index is 1070. The summed E-state index contributed by atoms with van der Waals surface area (Å²) in [6.45, 7) is 0. The van der Waals surface area contributed by atoms with Gasteiger partial charge < -0.3 is 15.2 Å². The fraction of sp³-hybridized carbons (Fsp3) is 0.0455. The zero-order valence-corrected chi connectivity index (χ0v) is 16.8. The second-order valence-corrected chi connectivity index (χ2v) is 7.94. The maximum Gasteiger partial charge on any atom is 0.187 e. The van der Waals surface area contributed by atoms with Gasteiger partial charge in [-0.3, -0.25) is 0 Å². The van der Waals surface area contributed by atoms with Crippen LogP contribution in [0.25, 0.3) is 11.3 Å². The standard InChI is InChI=1S/C22H18N2O2S2/c1-26-20-12-17(19(25)13-21(20)28-16-10-6-3-7-11-16)23-22-24-18(14-27-22)15-8-4-2-5-9-15/h2-14,25H,1H3,(H,23,24). The largest absolute Gasteiger partial charge is 0.506 e. The molecule has 0 saturated heterocycles. The Labute approximate surface area is 171 Å². The van der Waals surface area contributed by atoms with Crippen LogP contribution in [0.3, 0.4) is 0 Å². The van der Waals surface area contributed by atoms with Crippen molar-refractivity contribution in [3.05, 3.63) is 78.2 Å². The Morgan fingerprint density at radius 3 is 2.43 bits per heavy atom. The van der Waals surface area contributed by atoms with Gasteiger partial charge >= 0.3 is 0 Å². The molecule has 6 heteroatoms. The highest BCUT2D eigenvalue weighted by Crippen LogP contribution is 2.42. The number of aromatic nitrogens is 1. The van der Waals surface area contributed by atoms with E-state index in [1.165, 1.54) is 11.3 Å². The van der Waals surface area contributed by atoms with Gasteiger partial charge in [-0.2, -0.15) is 0 Å². The zero-order chi connectivity index (χ0) is 19.3. The van der Waals surface area contributed by atoms with Crippen LogP contribution >= 0.6 is 23.1 Å². The fourth-order valence-corrected chi connectivity index (χ4v) is 4.38. The minimum absolute atomic E-state index is 0.149. The van der Waals surface area contributed by atoms with E-state index in [1.54, 1.807) is 31.0 Å². The monoisotopic (exact) mass is 406 g/mol. The summed E-state index contributed by atoms with van der Waals surface area (Å²) in [6.07, 6.45) is 0. The summed E-state index contributed by atoms with van der Waals surface area (Å²) in [6, 6.07) is 23.5. The third-order valence-corrected chi connectivity index (χ3v) is 5.87. The Kier molecular flexibility index (Phi) is 5.50. The predicted molar refractivity (Wildman–Crippen MR) is 116 cm³/mol. The summed E-state index contributed by atoms with van der Waals surface area (Å²) in [7, 11) is 1.63. The van der Waals surface area contributed by atoms with Crippen molar-refractivity contribution in [2.75, 3.05) is 12.4 Å². The second kappa shape index (κ2) is 8.37. The Balaban J connectivity index is 1.58. The van der Waals surface area contributed by atoms with E-state index in [1.807, 2.05) is 66.0 Å². The number of aromatic hydroxyl groups is 1. The minimum Gasteiger partial charge on any atom is -0.506 e. The lowest BCUT2D eigenvalue weighted by Gasteiger charge is -2.13.